The molecule has 0 unspecified atom stereocenters. The number of anilines is 1. The van der Waals surface area contributed by atoms with E-state index in [1.165, 1.54) is 18.2 Å². The van der Waals surface area contributed by atoms with Gasteiger partial charge in [-0.25, -0.2) is 13.2 Å². The number of sulfonamides is 1. The Bertz CT molecular complexity index is 1560. The van der Waals surface area contributed by atoms with Gasteiger partial charge in [0.15, 0.2) is 0 Å². The lowest BCUT2D eigenvalue weighted by atomic mass is 10.1. The standard InChI is InChI=1S/C24H21ClN2O5S2/c1-3-32-23(28)16-9-8-15(2)20(12-16)26-34(30,31)18-10-11-21-22(13-18)33-24(29)27(21)14-17-6-4-5-7-19(17)25/h4-13,26H,3,14H2,1-2H3. The van der Waals surface area contributed by atoms with Crippen molar-refractivity contribution in [2.24, 2.45) is 0 Å². The van der Waals surface area contributed by atoms with E-state index in [1.54, 1.807) is 42.7 Å². The number of aryl methyl sites for hydroxylation is 1. The average Bonchev–Trinajstić information content (AvgIpc) is 3.11. The number of carbonyl (C=O) groups is 1. The number of carbonyl (C=O) groups excluding carboxylic acids is 1. The molecule has 0 amide bonds. The van der Waals surface area contributed by atoms with E-state index in [2.05, 4.69) is 4.72 Å². The Hall–Kier alpha value is -3.14. The lowest BCUT2D eigenvalue weighted by Gasteiger charge is -2.12. The van der Waals surface area contributed by atoms with Crippen molar-refractivity contribution in [3.63, 3.8) is 0 Å². The zero-order valence-electron chi connectivity index (χ0n) is 18.4. The highest BCUT2D eigenvalue weighted by Gasteiger charge is 2.19. The molecular formula is C24H21ClN2O5S2. The molecule has 0 spiro atoms. The van der Waals surface area contributed by atoms with Crippen LogP contribution in [0, 0.1) is 6.92 Å². The number of hydrogen-bond donors (Lipinski definition) is 1. The first-order valence-electron chi connectivity index (χ1n) is 10.4. The molecule has 0 aliphatic carbocycles. The van der Waals surface area contributed by atoms with Crippen molar-refractivity contribution in [2.45, 2.75) is 25.3 Å². The molecule has 3 aromatic carbocycles. The van der Waals surface area contributed by atoms with Crippen molar-refractivity contribution in [3.05, 3.63) is 92.0 Å². The second-order valence-electron chi connectivity index (χ2n) is 7.53. The maximum absolute atomic E-state index is 13.1. The van der Waals surface area contributed by atoms with Gasteiger partial charge in [0.05, 0.1) is 39.5 Å². The SMILES string of the molecule is CCOC(=O)c1ccc(C)c(NS(=O)(=O)c2ccc3c(c2)sc(=O)n3Cc2ccccc2Cl)c1. The molecule has 0 aliphatic heterocycles. The van der Waals surface area contributed by atoms with E-state index in [0.29, 0.717) is 20.8 Å². The smallest absolute Gasteiger partial charge is 0.338 e. The van der Waals surface area contributed by atoms with Crippen LogP contribution in [0.5, 0.6) is 0 Å². The number of nitrogens with one attached hydrogen (secondary N) is 1. The largest absolute Gasteiger partial charge is 0.462 e. The number of halogens is 1. The number of ether oxygens (including phenoxy) is 1. The van der Waals surface area contributed by atoms with E-state index in [-0.39, 0.29) is 34.2 Å². The van der Waals surface area contributed by atoms with Gasteiger partial charge >= 0.3 is 10.8 Å². The summed E-state index contributed by atoms with van der Waals surface area (Å²) in [6.07, 6.45) is 0. The van der Waals surface area contributed by atoms with Crippen LogP contribution in [0.15, 0.2) is 70.4 Å². The summed E-state index contributed by atoms with van der Waals surface area (Å²) < 4.78 is 35.9. The van der Waals surface area contributed by atoms with Crippen LogP contribution >= 0.6 is 22.9 Å². The molecule has 4 rings (SSSR count). The third kappa shape index (κ3) is 4.86. The maximum atomic E-state index is 13.1. The number of fused-ring (bicyclic) bond motifs is 1. The highest BCUT2D eigenvalue weighted by Crippen LogP contribution is 2.26. The molecule has 7 nitrogen and oxygen atoms in total. The Morgan fingerprint density at radius 3 is 2.62 bits per heavy atom. The maximum Gasteiger partial charge on any atom is 0.338 e. The van der Waals surface area contributed by atoms with Crippen molar-refractivity contribution >= 4 is 54.8 Å². The van der Waals surface area contributed by atoms with E-state index < -0.39 is 16.0 Å². The molecule has 34 heavy (non-hydrogen) atoms. The molecule has 0 bridgehead atoms. The van der Waals surface area contributed by atoms with Gasteiger partial charge in [0.1, 0.15) is 0 Å². The summed E-state index contributed by atoms with van der Waals surface area (Å²) in [7, 11) is -3.98. The van der Waals surface area contributed by atoms with Gasteiger partial charge in [-0.2, -0.15) is 0 Å². The molecule has 0 aliphatic rings. The topological polar surface area (TPSA) is 94.5 Å². The second kappa shape index (κ2) is 9.61. The summed E-state index contributed by atoms with van der Waals surface area (Å²) in [5, 5.41) is 0.553. The van der Waals surface area contributed by atoms with Crippen LogP contribution in [-0.4, -0.2) is 25.6 Å². The number of thiazole rings is 1. The summed E-state index contributed by atoms with van der Waals surface area (Å²) in [5.41, 5.74) is 2.58. The van der Waals surface area contributed by atoms with Crippen molar-refractivity contribution < 1.29 is 17.9 Å². The van der Waals surface area contributed by atoms with Gasteiger partial charge in [0.2, 0.25) is 0 Å². The molecule has 0 fully saturated rings. The van der Waals surface area contributed by atoms with Crippen LogP contribution in [0.3, 0.4) is 0 Å². The Labute approximate surface area is 205 Å². The Morgan fingerprint density at radius 1 is 1.12 bits per heavy atom. The lowest BCUT2D eigenvalue weighted by Crippen LogP contribution is -2.15. The molecule has 176 valence electrons. The van der Waals surface area contributed by atoms with Crippen molar-refractivity contribution in [3.8, 4) is 0 Å². The van der Waals surface area contributed by atoms with E-state index in [9.17, 15) is 18.0 Å². The highest BCUT2D eigenvalue weighted by molar-refractivity contribution is 7.92. The quantitative estimate of drug-likeness (QED) is 0.347. The Balaban J connectivity index is 1.66. The lowest BCUT2D eigenvalue weighted by molar-refractivity contribution is 0.0526. The minimum Gasteiger partial charge on any atom is -0.462 e. The Morgan fingerprint density at radius 2 is 1.88 bits per heavy atom. The average molecular weight is 517 g/mol. The first-order valence-corrected chi connectivity index (χ1v) is 13.0. The van der Waals surface area contributed by atoms with Gasteiger partial charge in [0, 0.05) is 5.02 Å². The number of aromatic nitrogens is 1. The summed E-state index contributed by atoms with van der Waals surface area (Å²) in [6.45, 7) is 3.92. The fraction of sp³-hybridized carbons (Fsp3) is 0.167. The first kappa shape index (κ1) is 24.0. The van der Waals surface area contributed by atoms with E-state index in [1.807, 2.05) is 18.2 Å². The van der Waals surface area contributed by atoms with Gasteiger partial charge in [-0.1, -0.05) is 47.2 Å². The third-order valence-electron chi connectivity index (χ3n) is 5.23. The van der Waals surface area contributed by atoms with E-state index in [0.717, 1.165) is 16.9 Å². The molecule has 0 atom stereocenters. The molecule has 1 aromatic heterocycles. The Kier molecular flexibility index (Phi) is 6.79. The normalized spacial score (nSPS) is 11.5. The predicted molar refractivity (Wildman–Crippen MR) is 135 cm³/mol. The van der Waals surface area contributed by atoms with Crippen LogP contribution < -0.4 is 9.60 Å². The summed E-state index contributed by atoms with van der Waals surface area (Å²) in [5.74, 6) is -0.533. The molecule has 1 N–H and O–H groups in total. The summed E-state index contributed by atoms with van der Waals surface area (Å²) >= 11 is 7.21. The fourth-order valence-electron chi connectivity index (χ4n) is 3.44. The zero-order chi connectivity index (χ0) is 24.5. The van der Waals surface area contributed by atoms with E-state index >= 15 is 0 Å². The van der Waals surface area contributed by atoms with Gasteiger partial charge in [-0.05, 0) is 61.4 Å². The number of nitrogens with zero attached hydrogens (tertiary/aromatic N) is 1. The summed E-state index contributed by atoms with van der Waals surface area (Å²) in [4.78, 5) is 24.5. The molecule has 0 radical (unpaired) electrons. The first-order chi connectivity index (χ1) is 16.2. The summed E-state index contributed by atoms with van der Waals surface area (Å²) in [6, 6.07) is 16.5. The monoisotopic (exact) mass is 516 g/mol. The number of hydrogen-bond acceptors (Lipinski definition) is 6. The van der Waals surface area contributed by atoms with Crippen LogP contribution in [0.25, 0.3) is 10.2 Å². The van der Waals surface area contributed by atoms with Crippen LogP contribution in [-0.2, 0) is 21.3 Å². The fourth-order valence-corrected chi connectivity index (χ4v) is 5.79. The number of esters is 1. The molecule has 10 heteroatoms. The van der Waals surface area contributed by atoms with E-state index in [4.69, 9.17) is 16.3 Å². The molecular weight excluding hydrogens is 496 g/mol. The van der Waals surface area contributed by atoms with Gasteiger partial charge in [-0.3, -0.25) is 14.1 Å². The zero-order valence-corrected chi connectivity index (χ0v) is 20.8. The molecule has 4 aromatic rings. The van der Waals surface area contributed by atoms with Gasteiger partial charge in [-0.15, -0.1) is 0 Å². The van der Waals surface area contributed by atoms with Crippen LogP contribution in [0.1, 0.15) is 28.4 Å². The number of benzene rings is 3. The molecule has 0 saturated heterocycles. The van der Waals surface area contributed by atoms with Crippen molar-refractivity contribution in [1.82, 2.24) is 4.57 Å². The van der Waals surface area contributed by atoms with Crippen molar-refractivity contribution in [1.29, 1.82) is 0 Å². The number of rotatable bonds is 7. The van der Waals surface area contributed by atoms with Gasteiger partial charge < -0.3 is 4.74 Å². The molecule has 0 saturated carbocycles. The van der Waals surface area contributed by atoms with Gasteiger partial charge in [0.25, 0.3) is 10.0 Å². The highest BCUT2D eigenvalue weighted by atomic mass is 35.5. The van der Waals surface area contributed by atoms with Crippen molar-refractivity contribution in [2.75, 3.05) is 11.3 Å². The van der Waals surface area contributed by atoms with Crippen LogP contribution in [0.4, 0.5) is 5.69 Å². The molecule has 1 heterocycles. The third-order valence-corrected chi connectivity index (χ3v) is 7.90. The minimum absolute atomic E-state index is 0.00656. The predicted octanol–water partition coefficient (Wildman–Crippen LogP) is 5.05. The van der Waals surface area contributed by atoms with Crippen LogP contribution in [0.2, 0.25) is 5.02 Å². The minimum atomic E-state index is -3.98. The second-order valence-corrected chi connectivity index (χ2v) is 10.6.